The van der Waals surface area contributed by atoms with Crippen molar-refractivity contribution in [3.8, 4) is 0 Å². The number of fused-ring (bicyclic) bond motifs is 3. The van der Waals surface area contributed by atoms with Gasteiger partial charge >= 0.3 is 0 Å². The molecule has 8 nitrogen and oxygen atoms in total. The first kappa shape index (κ1) is 29.8. The number of nitrogens with zero attached hydrogens (tertiary/aromatic N) is 5. The standard InChI is InChI=1S/C33H37Cl2FN6O2/c1-31(2)8-10-32(11-9-31)17-22(25(43)15-19-6-13-42(14-7-19)26-18-38-41-40-26)27(21-5-12-37-29(35)28(21)36)33(32)23-4-3-20(34)16-24(23)39-30(33)44/h3-5,12,16,19,22,27H,6-11,13-15,17-18H2,1-2H3,(H,39,44)/t22-,27-,33+/m0/s1. The van der Waals surface area contributed by atoms with Gasteiger partial charge in [-0.1, -0.05) is 43.1 Å². The van der Waals surface area contributed by atoms with Crippen LogP contribution >= 0.6 is 23.2 Å². The number of amides is 1. The van der Waals surface area contributed by atoms with Crippen LogP contribution < -0.4 is 5.32 Å². The normalized spacial score (nSPS) is 28.9. The van der Waals surface area contributed by atoms with E-state index in [-0.39, 0.29) is 28.2 Å². The molecule has 1 N–H and O–H groups in total. The minimum atomic E-state index is -1.15. The highest BCUT2D eigenvalue weighted by Gasteiger charge is 2.72. The Bertz CT molecular complexity index is 1580. The molecule has 1 aromatic carbocycles. The summed E-state index contributed by atoms with van der Waals surface area (Å²) in [5.41, 5.74) is 0.185. The molecule has 2 saturated carbocycles. The Kier molecular flexibility index (Phi) is 7.35. The number of halogens is 3. The summed E-state index contributed by atoms with van der Waals surface area (Å²) in [5.74, 6) is -0.931. The maximum Gasteiger partial charge on any atom is 0.236 e. The van der Waals surface area contributed by atoms with Gasteiger partial charge in [0.25, 0.3) is 0 Å². The number of hydrogen-bond donors (Lipinski definition) is 1. The third-order valence-corrected chi connectivity index (χ3v) is 11.9. The fourth-order valence-corrected chi connectivity index (χ4v) is 9.44. The van der Waals surface area contributed by atoms with E-state index in [2.05, 4.69) is 44.5 Å². The molecular weight excluding hydrogens is 602 g/mol. The molecule has 1 aromatic heterocycles. The van der Waals surface area contributed by atoms with Crippen molar-refractivity contribution in [1.29, 1.82) is 0 Å². The van der Waals surface area contributed by atoms with Gasteiger partial charge in [0.1, 0.15) is 12.3 Å². The zero-order chi connectivity index (χ0) is 30.9. The number of hydrogen-bond acceptors (Lipinski definition) is 7. The van der Waals surface area contributed by atoms with Crippen LogP contribution in [-0.4, -0.2) is 47.0 Å². The van der Waals surface area contributed by atoms with Crippen molar-refractivity contribution in [2.24, 2.45) is 38.1 Å². The quantitative estimate of drug-likeness (QED) is 0.349. The first-order valence-electron chi connectivity index (χ1n) is 15.7. The number of rotatable bonds is 4. The highest BCUT2D eigenvalue weighted by Crippen LogP contribution is 2.72. The zero-order valence-electron chi connectivity index (χ0n) is 25.1. The van der Waals surface area contributed by atoms with Crippen molar-refractivity contribution in [3.05, 3.63) is 57.6 Å². The Morgan fingerprint density at radius 1 is 1.11 bits per heavy atom. The van der Waals surface area contributed by atoms with Crippen LogP contribution in [0, 0.1) is 28.5 Å². The van der Waals surface area contributed by atoms with E-state index in [1.807, 2.05) is 6.07 Å². The molecule has 0 unspecified atom stereocenters. The van der Waals surface area contributed by atoms with Crippen LogP contribution in [0.4, 0.5) is 10.1 Å². The van der Waals surface area contributed by atoms with Crippen LogP contribution in [-0.2, 0) is 15.0 Å². The lowest BCUT2D eigenvalue weighted by Gasteiger charge is -2.51. The summed E-state index contributed by atoms with van der Waals surface area (Å²) < 4.78 is 16.1. The summed E-state index contributed by atoms with van der Waals surface area (Å²) in [6.45, 7) is 6.62. The second kappa shape index (κ2) is 10.9. The van der Waals surface area contributed by atoms with Gasteiger partial charge in [-0.05, 0) is 96.2 Å². The molecule has 0 radical (unpaired) electrons. The summed E-state index contributed by atoms with van der Waals surface area (Å²) in [6.07, 6.45) is 7.48. The fourth-order valence-electron chi connectivity index (χ4n) is 9.10. The van der Waals surface area contributed by atoms with Gasteiger partial charge in [0, 0.05) is 48.3 Å². The number of likely N-dealkylation sites (tertiary alicyclic amines) is 1. The number of nitrogens with one attached hydrogen (secondary N) is 1. The van der Waals surface area contributed by atoms with E-state index in [1.54, 1.807) is 18.2 Å². The number of amidine groups is 1. The van der Waals surface area contributed by atoms with Crippen LogP contribution in [0.15, 0.2) is 45.9 Å². The molecule has 2 spiro atoms. The van der Waals surface area contributed by atoms with Gasteiger partial charge in [0.05, 0.1) is 5.41 Å². The van der Waals surface area contributed by atoms with Crippen LogP contribution in [0.5, 0.6) is 0 Å². The van der Waals surface area contributed by atoms with Gasteiger partial charge in [-0.3, -0.25) is 9.59 Å². The van der Waals surface area contributed by atoms with Crippen molar-refractivity contribution in [2.45, 2.75) is 76.5 Å². The first-order chi connectivity index (χ1) is 21.0. The predicted octanol–water partition coefficient (Wildman–Crippen LogP) is 7.56. The van der Waals surface area contributed by atoms with Gasteiger partial charge in [-0.15, -0.1) is 5.10 Å². The van der Waals surface area contributed by atoms with Gasteiger partial charge in [0.2, 0.25) is 5.91 Å². The van der Waals surface area contributed by atoms with Gasteiger partial charge in [-0.2, -0.15) is 5.11 Å². The molecule has 2 aromatic rings. The number of ketones is 1. The molecule has 5 aliphatic rings. The smallest absolute Gasteiger partial charge is 0.236 e. The second-order valence-corrected chi connectivity index (χ2v) is 15.0. The Balaban J connectivity index is 1.31. The molecule has 3 fully saturated rings. The van der Waals surface area contributed by atoms with E-state index < -0.39 is 28.5 Å². The number of pyridine rings is 1. The molecule has 11 heteroatoms. The molecule has 1 amide bonds. The van der Waals surface area contributed by atoms with E-state index in [0.29, 0.717) is 35.7 Å². The number of benzene rings is 1. The summed E-state index contributed by atoms with van der Waals surface area (Å²) in [4.78, 5) is 35.4. The summed E-state index contributed by atoms with van der Waals surface area (Å²) in [5, 5.41) is 15.2. The van der Waals surface area contributed by atoms with E-state index >= 15 is 4.39 Å². The van der Waals surface area contributed by atoms with Crippen LogP contribution in [0.25, 0.3) is 0 Å². The van der Waals surface area contributed by atoms with Crippen molar-refractivity contribution in [1.82, 2.24) is 9.88 Å². The fraction of sp³-hybridized carbons (Fsp3) is 0.576. The van der Waals surface area contributed by atoms with Crippen LogP contribution in [0.3, 0.4) is 0 Å². The van der Waals surface area contributed by atoms with Crippen LogP contribution in [0.2, 0.25) is 10.2 Å². The summed E-state index contributed by atoms with van der Waals surface area (Å²) >= 11 is 12.7. The average Bonchev–Trinajstić information content (AvgIpc) is 3.70. The number of Topliss-reactive ketones (excluding diaryl/α,β-unsaturated/α-hetero) is 1. The number of piperidine rings is 1. The Morgan fingerprint density at radius 3 is 2.57 bits per heavy atom. The molecular formula is C33H37Cl2FN6O2. The summed E-state index contributed by atoms with van der Waals surface area (Å²) in [6, 6.07) is 7.11. The minimum absolute atomic E-state index is 0.0975. The molecule has 1 saturated heterocycles. The predicted molar refractivity (Wildman–Crippen MR) is 168 cm³/mol. The van der Waals surface area contributed by atoms with Gasteiger partial charge in [-0.25, -0.2) is 9.37 Å². The molecule has 4 heterocycles. The van der Waals surface area contributed by atoms with Gasteiger partial charge < -0.3 is 10.2 Å². The van der Waals surface area contributed by atoms with Crippen molar-refractivity contribution >= 4 is 46.4 Å². The molecule has 3 atom stereocenters. The highest BCUT2D eigenvalue weighted by molar-refractivity contribution is 6.31. The molecule has 7 rings (SSSR count). The first-order valence-corrected chi connectivity index (χ1v) is 16.4. The van der Waals surface area contributed by atoms with Crippen molar-refractivity contribution in [2.75, 3.05) is 25.0 Å². The molecule has 232 valence electrons. The number of aromatic nitrogens is 1. The topological polar surface area (TPSA) is 99.4 Å². The average molecular weight is 640 g/mol. The molecule has 44 heavy (non-hydrogen) atoms. The van der Waals surface area contributed by atoms with E-state index in [9.17, 15) is 9.59 Å². The lowest BCUT2D eigenvalue weighted by molar-refractivity contribution is -0.127. The largest absolute Gasteiger partial charge is 0.357 e. The molecule has 3 aliphatic heterocycles. The Morgan fingerprint density at radius 2 is 1.86 bits per heavy atom. The van der Waals surface area contributed by atoms with Crippen molar-refractivity contribution < 1.29 is 14.0 Å². The van der Waals surface area contributed by atoms with Crippen LogP contribution in [0.1, 0.15) is 82.3 Å². The monoisotopic (exact) mass is 638 g/mol. The maximum absolute atomic E-state index is 16.1. The number of anilines is 1. The highest BCUT2D eigenvalue weighted by atomic mass is 35.5. The maximum atomic E-state index is 16.1. The van der Waals surface area contributed by atoms with Crippen molar-refractivity contribution in [3.63, 3.8) is 0 Å². The lowest BCUT2D eigenvalue weighted by atomic mass is 9.51. The van der Waals surface area contributed by atoms with E-state index in [0.717, 1.165) is 63.0 Å². The lowest BCUT2D eigenvalue weighted by Crippen LogP contribution is -2.52. The second-order valence-electron chi connectivity index (χ2n) is 14.2. The number of carbonyl (C=O) groups is 2. The van der Waals surface area contributed by atoms with E-state index in [4.69, 9.17) is 23.2 Å². The Hall–Kier alpha value is -2.91. The van der Waals surface area contributed by atoms with E-state index in [1.165, 1.54) is 6.20 Å². The molecule has 0 bridgehead atoms. The summed E-state index contributed by atoms with van der Waals surface area (Å²) in [7, 11) is 0. The molecule has 2 aliphatic carbocycles. The minimum Gasteiger partial charge on any atom is -0.357 e. The third kappa shape index (κ3) is 4.60. The third-order valence-electron chi connectivity index (χ3n) is 11.4. The van der Waals surface area contributed by atoms with Gasteiger partial charge in [0.15, 0.2) is 16.8 Å². The zero-order valence-corrected chi connectivity index (χ0v) is 26.6. The Labute approximate surface area is 266 Å². The number of carbonyl (C=O) groups excluding carboxylic acids is 2. The SMILES string of the molecule is CC1(C)CCC2(CC1)C[C@@H](C(=O)CC1CCN(C3=NN=NC3)CC1)[C@H](c1ccnc(Cl)c1F)[C@]21C(=O)Nc2cc(Cl)ccc21.